The van der Waals surface area contributed by atoms with Gasteiger partial charge in [-0.25, -0.2) is 0 Å². The van der Waals surface area contributed by atoms with Gasteiger partial charge in [0.25, 0.3) is 0 Å². The Morgan fingerprint density at radius 3 is 2.43 bits per heavy atom. The van der Waals surface area contributed by atoms with Gasteiger partial charge in [-0.3, -0.25) is 9.59 Å². The summed E-state index contributed by atoms with van der Waals surface area (Å²) in [5.41, 5.74) is 1.80. The molecule has 0 aliphatic carbocycles. The second kappa shape index (κ2) is 7.81. The van der Waals surface area contributed by atoms with Crippen LogP contribution in [0.2, 0.25) is 0 Å². The zero-order valence-corrected chi connectivity index (χ0v) is 12.7. The second-order valence-electron chi connectivity index (χ2n) is 5.61. The van der Waals surface area contributed by atoms with E-state index in [1.165, 1.54) is 0 Å². The number of nitrogens with zero attached hydrogens (tertiary/aromatic N) is 1. The molecule has 1 fully saturated rings. The van der Waals surface area contributed by atoms with Gasteiger partial charge in [0.05, 0.1) is 6.42 Å². The molecular formula is C17H24N2O2. The molecule has 1 aliphatic heterocycles. The van der Waals surface area contributed by atoms with Crippen molar-refractivity contribution < 1.29 is 9.59 Å². The summed E-state index contributed by atoms with van der Waals surface area (Å²) < 4.78 is 0. The summed E-state index contributed by atoms with van der Waals surface area (Å²) in [4.78, 5) is 25.6. The van der Waals surface area contributed by atoms with Crippen LogP contribution >= 0.6 is 0 Å². The van der Waals surface area contributed by atoms with Crippen molar-refractivity contribution in [2.45, 2.75) is 45.4 Å². The first kappa shape index (κ1) is 15.5. The maximum Gasteiger partial charge on any atom is 0.226 e. The molecule has 0 atom stereocenters. The van der Waals surface area contributed by atoms with Crippen LogP contribution in [-0.2, 0) is 16.0 Å². The smallest absolute Gasteiger partial charge is 0.226 e. The first-order valence-electron chi connectivity index (χ1n) is 7.85. The Morgan fingerprint density at radius 1 is 1.14 bits per heavy atom. The predicted octanol–water partition coefficient (Wildman–Crippen LogP) is 2.98. The quantitative estimate of drug-likeness (QED) is 0.875. The first-order valence-corrected chi connectivity index (χ1v) is 7.85. The van der Waals surface area contributed by atoms with Gasteiger partial charge in [0.1, 0.15) is 0 Å². The van der Waals surface area contributed by atoms with Crippen LogP contribution in [0.4, 0.5) is 5.69 Å². The number of amides is 2. The largest absolute Gasteiger partial charge is 0.342 e. The summed E-state index contributed by atoms with van der Waals surface area (Å²) >= 11 is 0. The maximum atomic E-state index is 12.1. The summed E-state index contributed by atoms with van der Waals surface area (Å²) in [6.45, 7) is 3.86. The van der Waals surface area contributed by atoms with Crippen LogP contribution < -0.4 is 5.32 Å². The molecule has 21 heavy (non-hydrogen) atoms. The highest BCUT2D eigenvalue weighted by Crippen LogP contribution is 2.14. The summed E-state index contributed by atoms with van der Waals surface area (Å²) in [7, 11) is 0. The van der Waals surface area contributed by atoms with Crippen molar-refractivity contribution >= 4 is 17.5 Å². The average molecular weight is 288 g/mol. The van der Waals surface area contributed by atoms with E-state index in [9.17, 15) is 9.59 Å². The van der Waals surface area contributed by atoms with E-state index < -0.39 is 0 Å². The molecule has 0 aromatic heterocycles. The Morgan fingerprint density at radius 2 is 1.81 bits per heavy atom. The number of rotatable bonds is 6. The molecule has 0 radical (unpaired) electrons. The Balaban J connectivity index is 1.83. The zero-order valence-electron chi connectivity index (χ0n) is 12.7. The Kier molecular flexibility index (Phi) is 5.78. The monoisotopic (exact) mass is 288 g/mol. The van der Waals surface area contributed by atoms with E-state index in [0.717, 1.165) is 50.0 Å². The standard InChI is InChI=1S/C17H24N2O2/c1-2-3-6-16(20)18-15-9-7-14(8-10-15)13-17(21)19-11-4-5-12-19/h7-10H,2-6,11-13H2,1H3,(H,18,20). The molecule has 2 amide bonds. The third-order valence-electron chi connectivity index (χ3n) is 3.81. The minimum Gasteiger partial charge on any atom is -0.342 e. The molecule has 1 N–H and O–H groups in total. The van der Waals surface area contributed by atoms with Crippen molar-refractivity contribution in [3.8, 4) is 0 Å². The van der Waals surface area contributed by atoms with Crippen molar-refractivity contribution in [3.05, 3.63) is 29.8 Å². The minimum atomic E-state index is 0.0535. The number of likely N-dealkylation sites (tertiary alicyclic amines) is 1. The molecule has 1 heterocycles. The number of carbonyl (C=O) groups excluding carboxylic acids is 2. The molecule has 0 spiro atoms. The van der Waals surface area contributed by atoms with E-state index in [2.05, 4.69) is 12.2 Å². The Hall–Kier alpha value is -1.84. The maximum absolute atomic E-state index is 12.1. The van der Waals surface area contributed by atoms with E-state index in [1.54, 1.807) is 0 Å². The Labute approximate surface area is 126 Å². The zero-order chi connectivity index (χ0) is 15.1. The van der Waals surface area contributed by atoms with Gasteiger partial charge in [0.15, 0.2) is 0 Å². The highest BCUT2D eigenvalue weighted by molar-refractivity contribution is 5.90. The lowest BCUT2D eigenvalue weighted by Crippen LogP contribution is -2.29. The molecule has 1 aromatic carbocycles. The average Bonchev–Trinajstić information content (AvgIpc) is 3.01. The van der Waals surface area contributed by atoms with E-state index in [-0.39, 0.29) is 11.8 Å². The fourth-order valence-electron chi connectivity index (χ4n) is 2.52. The van der Waals surface area contributed by atoms with Crippen molar-refractivity contribution in [1.29, 1.82) is 0 Å². The fourth-order valence-corrected chi connectivity index (χ4v) is 2.52. The molecular weight excluding hydrogens is 264 g/mol. The summed E-state index contributed by atoms with van der Waals surface area (Å²) in [6.07, 6.45) is 5.18. The van der Waals surface area contributed by atoms with E-state index in [0.29, 0.717) is 12.8 Å². The van der Waals surface area contributed by atoms with Gasteiger partial charge in [0, 0.05) is 25.2 Å². The van der Waals surface area contributed by atoms with E-state index in [4.69, 9.17) is 0 Å². The van der Waals surface area contributed by atoms with Crippen LogP contribution in [0.5, 0.6) is 0 Å². The van der Waals surface area contributed by atoms with Crippen LogP contribution in [0, 0.1) is 0 Å². The molecule has 0 saturated carbocycles. The molecule has 1 saturated heterocycles. The Bertz CT molecular complexity index is 476. The molecule has 4 nitrogen and oxygen atoms in total. The van der Waals surface area contributed by atoms with Gasteiger partial charge in [-0.05, 0) is 37.0 Å². The summed E-state index contributed by atoms with van der Waals surface area (Å²) in [5, 5.41) is 2.88. The van der Waals surface area contributed by atoms with Gasteiger partial charge < -0.3 is 10.2 Å². The third kappa shape index (κ3) is 4.88. The first-order chi connectivity index (χ1) is 10.2. The van der Waals surface area contributed by atoms with Crippen molar-refractivity contribution in [1.82, 2.24) is 4.90 Å². The predicted molar refractivity (Wildman–Crippen MR) is 84.1 cm³/mol. The normalized spacial score (nSPS) is 14.2. The summed E-state index contributed by atoms with van der Waals surface area (Å²) in [6, 6.07) is 7.58. The van der Waals surface area contributed by atoms with Gasteiger partial charge >= 0.3 is 0 Å². The molecule has 0 bridgehead atoms. The van der Waals surface area contributed by atoms with Crippen LogP contribution in [0.15, 0.2) is 24.3 Å². The van der Waals surface area contributed by atoms with E-state index in [1.807, 2.05) is 29.2 Å². The number of benzene rings is 1. The number of nitrogens with one attached hydrogen (secondary N) is 1. The number of anilines is 1. The summed E-state index contributed by atoms with van der Waals surface area (Å²) in [5.74, 6) is 0.255. The molecule has 2 rings (SSSR count). The number of hydrogen-bond acceptors (Lipinski definition) is 2. The van der Waals surface area contributed by atoms with Gasteiger partial charge in [-0.15, -0.1) is 0 Å². The number of hydrogen-bond donors (Lipinski definition) is 1. The van der Waals surface area contributed by atoms with Crippen LogP contribution in [-0.4, -0.2) is 29.8 Å². The molecule has 0 unspecified atom stereocenters. The number of unbranched alkanes of at least 4 members (excludes halogenated alkanes) is 1. The van der Waals surface area contributed by atoms with Crippen LogP contribution in [0.25, 0.3) is 0 Å². The lowest BCUT2D eigenvalue weighted by molar-refractivity contribution is -0.129. The van der Waals surface area contributed by atoms with Gasteiger partial charge in [-0.2, -0.15) is 0 Å². The lowest BCUT2D eigenvalue weighted by atomic mass is 10.1. The van der Waals surface area contributed by atoms with Crippen LogP contribution in [0.3, 0.4) is 0 Å². The lowest BCUT2D eigenvalue weighted by Gasteiger charge is -2.15. The number of carbonyl (C=O) groups is 2. The van der Waals surface area contributed by atoms with Crippen molar-refractivity contribution in [2.24, 2.45) is 0 Å². The highest BCUT2D eigenvalue weighted by Gasteiger charge is 2.17. The molecule has 114 valence electrons. The SMILES string of the molecule is CCCCC(=O)Nc1ccc(CC(=O)N2CCCC2)cc1. The van der Waals surface area contributed by atoms with E-state index >= 15 is 0 Å². The molecule has 1 aromatic rings. The molecule has 1 aliphatic rings. The van der Waals surface area contributed by atoms with Crippen LogP contribution in [0.1, 0.15) is 44.6 Å². The highest BCUT2D eigenvalue weighted by atomic mass is 16.2. The fraction of sp³-hybridized carbons (Fsp3) is 0.529. The molecule has 4 heteroatoms. The van der Waals surface area contributed by atoms with Crippen molar-refractivity contribution in [3.63, 3.8) is 0 Å². The second-order valence-corrected chi connectivity index (χ2v) is 5.61. The third-order valence-corrected chi connectivity index (χ3v) is 3.81. The minimum absolute atomic E-state index is 0.0535. The topological polar surface area (TPSA) is 49.4 Å². The van der Waals surface area contributed by atoms with Gasteiger partial charge in [-0.1, -0.05) is 25.5 Å². The van der Waals surface area contributed by atoms with Crippen molar-refractivity contribution in [2.75, 3.05) is 18.4 Å². The van der Waals surface area contributed by atoms with Gasteiger partial charge in [0.2, 0.25) is 11.8 Å².